The summed E-state index contributed by atoms with van der Waals surface area (Å²) < 4.78 is 31.5. The van der Waals surface area contributed by atoms with Crippen molar-refractivity contribution in [2.24, 2.45) is 0 Å². The molecule has 3 aromatic carbocycles. The van der Waals surface area contributed by atoms with Gasteiger partial charge in [0.15, 0.2) is 22.9 Å². The van der Waals surface area contributed by atoms with E-state index in [0.29, 0.717) is 47.3 Å². The molecular formula is C47H44N12O2S. The third-order valence-electron chi connectivity index (χ3n) is 10.7. The molecule has 1 fully saturated rings. The van der Waals surface area contributed by atoms with Crippen LogP contribution in [0, 0.1) is 0 Å². The van der Waals surface area contributed by atoms with Crippen LogP contribution >= 0.6 is 0 Å². The summed E-state index contributed by atoms with van der Waals surface area (Å²) in [7, 11) is -3.50. The topological polar surface area (TPSA) is 189 Å². The molecule has 0 atom stereocenters. The summed E-state index contributed by atoms with van der Waals surface area (Å²) in [6, 6.07) is 40.7. The Morgan fingerprint density at radius 3 is 1.50 bits per heavy atom. The molecule has 0 saturated carbocycles. The van der Waals surface area contributed by atoms with E-state index < -0.39 is 10.0 Å². The number of hydrogen-bond donors (Lipinski definition) is 3. The van der Waals surface area contributed by atoms with E-state index in [-0.39, 0.29) is 4.90 Å². The van der Waals surface area contributed by atoms with Crippen LogP contribution in [0.2, 0.25) is 0 Å². The number of benzene rings is 3. The Morgan fingerprint density at radius 1 is 0.516 bits per heavy atom. The van der Waals surface area contributed by atoms with Gasteiger partial charge in [0.25, 0.3) is 0 Å². The van der Waals surface area contributed by atoms with Crippen LogP contribution in [0.1, 0.15) is 30.4 Å². The first-order valence-corrected chi connectivity index (χ1v) is 21.8. The Labute approximate surface area is 359 Å². The maximum absolute atomic E-state index is 13.0. The second-order valence-corrected chi connectivity index (χ2v) is 16.8. The Hall–Kier alpha value is -7.33. The van der Waals surface area contributed by atoms with Crippen LogP contribution in [0.5, 0.6) is 0 Å². The van der Waals surface area contributed by atoms with Gasteiger partial charge in [0.2, 0.25) is 10.0 Å². The number of piperidine rings is 1. The van der Waals surface area contributed by atoms with Crippen LogP contribution in [0.15, 0.2) is 157 Å². The van der Waals surface area contributed by atoms with Gasteiger partial charge in [0, 0.05) is 62.3 Å². The zero-order chi connectivity index (χ0) is 42.5. The standard InChI is InChI=1S/C25H22N6.C22H22N6O2S/c26-23-21(8-4-14-28-23)24-30-22-9-5-15-29-25(22)31(24)20-12-10-19(11-13-20)17-27-16-18-6-2-1-3-7-18;23-20-18(6-4-12-24-20)21-26-19-7-5-13-25-22(19)28(21)16-8-10-17(11-9-16)31(29,30)27-14-2-1-3-15-27/h1-15,27H,16-17H2,(H2,26,28);4-13H,1-3,14-15H2,(H2,23,24). The van der Waals surface area contributed by atoms with Crippen molar-refractivity contribution < 1.29 is 8.42 Å². The number of pyridine rings is 4. The van der Waals surface area contributed by atoms with Crippen LogP contribution in [0.3, 0.4) is 0 Å². The molecule has 7 heterocycles. The number of fused-ring (bicyclic) bond motifs is 2. The van der Waals surface area contributed by atoms with Crippen LogP contribution < -0.4 is 16.8 Å². The van der Waals surface area contributed by atoms with E-state index in [1.54, 1.807) is 59.4 Å². The van der Waals surface area contributed by atoms with Gasteiger partial charge in [0.1, 0.15) is 22.7 Å². The van der Waals surface area contributed by atoms with Gasteiger partial charge in [-0.3, -0.25) is 9.13 Å². The van der Waals surface area contributed by atoms with Crippen LogP contribution in [-0.4, -0.2) is 64.9 Å². The second-order valence-electron chi connectivity index (χ2n) is 14.8. The van der Waals surface area contributed by atoms with Crippen molar-refractivity contribution >= 4 is 44.0 Å². The molecule has 9 aromatic rings. The Balaban J connectivity index is 0.000000158. The molecule has 0 amide bonds. The van der Waals surface area contributed by atoms with Gasteiger partial charge >= 0.3 is 0 Å². The number of sulfonamides is 1. The molecule has 1 saturated heterocycles. The number of nitrogen functional groups attached to an aromatic ring is 2. The van der Waals surface area contributed by atoms with Crippen molar-refractivity contribution in [2.75, 3.05) is 24.6 Å². The van der Waals surface area contributed by atoms with Crippen molar-refractivity contribution in [1.82, 2.24) is 48.7 Å². The fourth-order valence-electron chi connectivity index (χ4n) is 7.62. The zero-order valence-corrected chi connectivity index (χ0v) is 34.6. The minimum Gasteiger partial charge on any atom is -0.383 e. The number of nitrogens with two attached hydrogens (primary N) is 2. The monoisotopic (exact) mass is 840 g/mol. The predicted molar refractivity (Wildman–Crippen MR) is 243 cm³/mol. The lowest BCUT2D eigenvalue weighted by Crippen LogP contribution is -2.35. The number of rotatable bonds is 10. The molecule has 0 bridgehead atoms. The molecule has 6 aromatic heterocycles. The third kappa shape index (κ3) is 8.24. The van der Waals surface area contributed by atoms with Crippen molar-refractivity contribution in [3.63, 3.8) is 0 Å². The van der Waals surface area contributed by atoms with Gasteiger partial charge in [-0.25, -0.2) is 38.3 Å². The molecule has 0 spiro atoms. The van der Waals surface area contributed by atoms with E-state index >= 15 is 0 Å². The Morgan fingerprint density at radius 2 is 0.984 bits per heavy atom. The minimum atomic E-state index is -3.50. The third-order valence-corrected chi connectivity index (χ3v) is 12.6. The maximum atomic E-state index is 13.0. The molecule has 5 N–H and O–H groups in total. The van der Waals surface area contributed by atoms with E-state index in [2.05, 4.69) is 73.8 Å². The summed E-state index contributed by atoms with van der Waals surface area (Å²) in [5.74, 6) is 2.14. The summed E-state index contributed by atoms with van der Waals surface area (Å²) >= 11 is 0. The first-order chi connectivity index (χ1) is 30.3. The molecule has 0 unspecified atom stereocenters. The quantitative estimate of drug-likeness (QED) is 0.123. The number of anilines is 2. The summed E-state index contributed by atoms with van der Waals surface area (Å²) in [6.07, 6.45) is 9.67. The first-order valence-electron chi connectivity index (χ1n) is 20.4. The number of nitrogens with zero attached hydrogens (tertiary/aromatic N) is 9. The summed E-state index contributed by atoms with van der Waals surface area (Å²) in [5.41, 5.74) is 20.9. The fourth-order valence-corrected chi connectivity index (χ4v) is 9.14. The summed E-state index contributed by atoms with van der Waals surface area (Å²) in [6.45, 7) is 2.78. The van der Waals surface area contributed by atoms with Crippen molar-refractivity contribution in [1.29, 1.82) is 0 Å². The largest absolute Gasteiger partial charge is 0.383 e. The molecule has 0 radical (unpaired) electrons. The smallest absolute Gasteiger partial charge is 0.243 e. The molecule has 15 heteroatoms. The molecule has 1 aliphatic rings. The minimum absolute atomic E-state index is 0.290. The Kier molecular flexibility index (Phi) is 11.5. The first kappa shape index (κ1) is 40.1. The molecule has 1 aliphatic heterocycles. The van der Waals surface area contributed by atoms with E-state index in [4.69, 9.17) is 21.4 Å². The second kappa shape index (κ2) is 17.7. The average molecular weight is 841 g/mol. The predicted octanol–water partition coefficient (Wildman–Crippen LogP) is 7.59. The number of imidazole rings is 2. The zero-order valence-electron chi connectivity index (χ0n) is 33.8. The highest BCUT2D eigenvalue weighted by Gasteiger charge is 2.26. The van der Waals surface area contributed by atoms with Crippen molar-refractivity contribution in [3.8, 4) is 34.2 Å². The number of aromatic nitrogens is 8. The Bertz CT molecular complexity index is 3070. The van der Waals surface area contributed by atoms with Gasteiger partial charge in [-0.1, -0.05) is 48.9 Å². The fraction of sp³-hybridized carbons (Fsp3) is 0.149. The highest BCUT2D eigenvalue weighted by Crippen LogP contribution is 2.32. The maximum Gasteiger partial charge on any atom is 0.243 e. The number of hydrogen-bond acceptors (Lipinski definition) is 11. The molecule has 0 aliphatic carbocycles. The lowest BCUT2D eigenvalue weighted by atomic mass is 10.1. The molecule has 62 heavy (non-hydrogen) atoms. The normalized spacial score (nSPS) is 13.2. The van der Waals surface area contributed by atoms with E-state index in [9.17, 15) is 8.42 Å². The van der Waals surface area contributed by atoms with Gasteiger partial charge in [-0.15, -0.1) is 0 Å². The molecular weight excluding hydrogens is 797 g/mol. The van der Waals surface area contributed by atoms with Gasteiger partial charge in [0.05, 0.1) is 16.0 Å². The van der Waals surface area contributed by atoms with E-state index in [0.717, 1.165) is 66.3 Å². The van der Waals surface area contributed by atoms with Gasteiger partial charge < -0.3 is 16.8 Å². The van der Waals surface area contributed by atoms with Crippen LogP contribution in [0.25, 0.3) is 56.5 Å². The SMILES string of the molecule is Nc1ncccc1-c1nc2cccnc2n1-c1ccc(CNCc2ccccc2)cc1.Nc1ncccc1-c1nc2cccnc2n1-c1ccc(S(=O)(=O)N2CCCCC2)cc1. The van der Waals surface area contributed by atoms with Crippen molar-refractivity contribution in [3.05, 3.63) is 163 Å². The average Bonchev–Trinajstić information content (AvgIpc) is 3.90. The van der Waals surface area contributed by atoms with E-state index in [1.165, 1.54) is 11.1 Å². The lowest BCUT2D eigenvalue weighted by Gasteiger charge is -2.25. The van der Waals surface area contributed by atoms with Crippen LogP contribution in [-0.2, 0) is 23.1 Å². The van der Waals surface area contributed by atoms with Crippen LogP contribution in [0.4, 0.5) is 11.6 Å². The molecule has 310 valence electrons. The molecule has 10 rings (SSSR count). The summed E-state index contributed by atoms with van der Waals surface area (Å²) in [4.78, 5) is 27.3. The highest BCUT2D eigenvalue weighted by molar-refractivity contribution is 7.89. The molecule has 14 nitrogen and oxygen atoms in total. The number of nitrogens with one attached hydrogen (secondary N) is 1. The lowest BCUT2D eigenvalue weighted by molar-refractivity contribution is 0.346. The van der Waals surface area contributed by atoms with Crippen molar-refractivity contribution in [2.45, 2.75) is 37.2 Å². The van der Waals surface area contributed by atoms with E-state index in [1.807, 2.05) is 57.7 Å². The summed E-state index contributed by atoms with van der Waals surface area (Å²) in [5, 5.41) is 3.49. The highest BCUT2D eigenvalue weighted by atomic mass is 32.2. The van der Waals surface area contributed by atoms with Gasteiger partial charge in [-0.2, -0.15) is 4.31 Å². The van der Waals surface area contributed by atoms with Gasteiger partial charge in [-0.05, 0) is 109 Å².